The van der Waals surface area contributed by atoms with Crippen LogP contribution in [-0.2, 0) is 4.74 Å². The zero-order chi connectivity index (χ0) is 24.5. The predicted octanol–water partition coefficient (Wildman–Crippen LogP) is 3.74. The van der Waals surface area contributed by atoms with E-state index in [4.69, 9.17) is 9.47 Å². The number of fused-ring (bicyclic) bond motifs is 1. The largest absolute Gasteiger partial charge is 0.421 e. The number of nitrogens with one attached hydrogen (secondary N) is 3. The number of aryl methyl sites for hydroxylation is 2. The Hall–Kier alpha value is -3.70. The SMILES string of the molecule is Cc1cc(Nc2cc(N3CCOC(CN(C)C)C3)nc(Oc3ccc4[nH]c(C)cc4c3F)n2)n[nH]1. The quantitative estimate of drug-likeness (QED) is 0.367. The van der Waals surface area contributed by atoms with E-state index in [9.17, 15) is 0 Å². The monoisotopic (exact) mass is 480 g/mol. The fourth-order valence-corrected chi connectivity index (χ4v) is 4.21. The van der Waals surface area contributed by atoms with Crippen molar-refractivity contribution in [2.24, 2.45) is 0 Å². The van der Waals surface area contributed by atoms with E-state index in [0.717, 1.165) is 17.9 Å². The fraction of sp³-hybridized carbons (Fsp3) is 0.375. The van der Waals surface area contributed by atoms with Gasteiger partial charge in [-0.15, -0.1) is 0 Å². The molecule has 0 bridgehead atoms. The van der Waals surface area contributed by atoms with Crippen LogP contribution in [0.25, 0.3) is 10.9 Å². The second-order valence-corrected chi connectivity index (χ2v) is 9.05. The van der Waals surface area contributed by atoms with Crippen molar-refractivity contribution in [3.8, 4) is 11.8 Å². The van der Waals surface area contributed by atoms with Crippen molar-refractivity contribution >= 4 is 28.4 Å². The zero-order valence-corrected chi connectivity index (χ0v) is 20.2. The molecule has 1 atom stereocenters. The summed E-state index contributed by atoms with van der Waals surface area (Å²) in [6, 6.07) is 8.86. The molecule has 1 aliphatic heterocycles. The van der Waals surface area contributed by atoms with Gasteiger partial charge >= 0.3 is 6.01 Å². The van der Waals surface area contributed by atoms with Gasteiger partial charge in [0.15, 0.2) is 17.4 Å². The van der Waals surface area contributed by atoms with Gasteiger partial charge in [0.05, 0.1) is 12.7 Å². The maximum atomic E-state index is 15.2. The summed E-state index contributed by atoms with van der Waals surface area (Å²) in [4.78, 5) is 16.5. The van der Waals surface area contributed by atoms with Gasteiger partial charge in [0, 0.05) is 54.1 Å². The number of rotatable bonds is 7. The van der Waals surface area contributed by atoms with Crippen LogP contribution in [0.4, 0.5) is 21.8 Å². The maximum absolute atomic E-state index is 15.2. The summed E-state index contributed by atoms with van der Waals surface area (Å²) in [5, 5.41) is 10.8. The van der Waals surface area contributed by atoms with Crippen molar-refractivity contribution in [2.45, 2.75) is 20.0 Å². The highest BCUT2D eigenvalue weighted by Crippen LogP contribution is 2.31. The number of anilines is 3. The fourth-order valence-electron chi connectivity index (χ4n) is 4.21. The Kier molecular flexibility index (Phi) is 6.27. The molecule has 1 aromatic carbocycles. The van der Waals surface area contributed by atoms with E-state index < -0.39 is 5.82 Å². The molecule has 0 spiro atoms. The molecule has 10 nitrogen and oxygen atoms in total. The molecule has 0 radical (unpaired) electrons. The first kappa shape index (κ1) is 23.1. The van der Waals surface area contributed by atoms with E-state index in [2.05, 4.69) is 40.3 Å². The van der Waals surface area contributed by atoms with Gasteiger partial charge in [0.1, 0.15) is 11.6 Å². The van der Waals surface area contributed by atoms with E-state index >= 15 is 4.39 Å². The molecule has 3 aromatic heterocycles. The molecule has 1 aliphatic rings. The Morgan fingerprint density at radius 3 is 2.80 bits per heavy atom. The summed E-state index contributed by atoms with van der Waals surface area (Å²) in [6.45, 7) is 6.51. The normalized spacial score (nSPS) is 16.3. The van der Waals surface area contributed by atoms with E-state index in [1.165, 1.54) is 0 Å². The minimum absolute atomic E-state index is 0.0402. The van der Waals surface area contributed by atoms with Crippen LogP contribution in [-0.4, -0.2) is 76.5 Å². The molecule has 3 N–H and O–H groups in total. The van der Waals surface area contributed by atoms with Crippen LogP contribution >= 0.6 is 0 Å². The third-order valence-corrected chi connectivity index (χ3v) is 5.72. The summed E-state index contributed by atoms with van der Waals surface area (Å²) in [6.07, 6.45) is 0.0418. The number of morpholine rings is 1. The molecule has 1 unspecified atom stereocenters. The Morgan fingerprint density at radius 1 is 1.17 bits per heavy atom. The maximum Gasteiger partial charge on any atom is 0.326 e. The molecular weight excluding hydrogens is 451 g/mol. The lowest BCUT2D eigenvalue weighted by Gasteiger charge is -2.35. The highest BCUT2D eigenvalue weighted by atomic mass is 19.1. The number of benzene rings is 1. The van der Waals surface area contributed by atoms with Crippen LogP contribution in [0, 0.1) is 19.7 Å². The van der Waals surface area contributed by atoms with E-state index in [1.54, 1.807) is 18.2 Å². The Balaban J connectivity index is 1.47. The molecule has 1 fully saturated rings. The lowest BCUT2D eigenvalue weighted by molar-refractivity contribution is 0.0245. The minimum atomic E-state index is -0.462. The first-order valence-electron chi connectivity index (χ1n) is 11.5. The number of ether oxygens (including phenoxy) is 2. The Labute approximate surface area is 202 Å². The summed E-state index contributed by atoms with van der Waals surface area (Å²) in [5.74, 6) is 1.36. The van der Waals surface area contributed by atoms with Crippen molar-refractivity contribution in [1.82, 2.24) is 30.0 Å². The molecule has 35 heavy (non-hydrogen) atoms. The van der Waals surface area contributed by atoms with Gasteiger partial charge in [-0.25, -0.2) is 4.39 Å². The standard InChI is InChI=1S/C24H29FN8O2/c1-14-9-17-18(26-14)5-6-19(23(17)25)35-24-28-20(27-21-10-15(2)30-31-21)11-22(29-24)33-7-8-34-16(13-33)12-32(3)4/h5-6,9-11,16,26H,7-8,12-13H2,1-4H3,(H2,27,28,29,30,31). The van der Waals surface area contributed by atoms with Gasteiger partial charge in [-0.1, -0.05) is 0 Å². The number of nitrogens with zero attached hydrogens (tertiary/aromatic N) is 5. The van der Waals surface area contributed by atoms with Crippen LogP contribution in [0.1, 0.15) is 11.4 Å². The average Bonchev–Trinajstić information content (AvgIpc) is 3.40. The van der Waals surface area contributed by atoms with Gasteiger partial charge in [0.2, 0.25) is 0 Å². The number of hydrogen-bond acceptors (Lipinski definition) is 8. The summed E-state index contributed by atoms with van der Waals surface area (Å²) in [7, 11) is 4.04. The number of likely N-dealkylation sites (N-methyl/N-ethyl adjacent to an activating group) is 1. The third-order valence-electron chi connectivity index (χ3n) is 5.72. The van der Waals surface area contributed by atoms with Crippen molar-refractivity contribution in [3.63, 3.8) is 0 Å². The van der Waals surface area contributed by atoms with Gasteiger partial charge in [-0.3, -0.25) is 5.10 Å². The highest BCUT2D eigenvalue weighted by Gasteiger charge is 2.24. The molecule has 5 rings (SSSR count). The summed E-state index contributed by atoms with van der Waals surface area (Å²) in [5.41, 5.74) is 2.49. The molecular formula is C24H29FN8O2. The molecule has 184 valence electrons. The molecule has 1 saturated heterocycles. The number of H-pyrrole nitrogens is 2. The van der Waals surface area contributed by atoms with Crippen LogP contribution in [0.15, 0.2) is 30.3 Å². The second kappa shape index (κ2) is 9.51. The smallest absolute Gasteiger partial charge is 0.326 e. The van der Waals surface area contributed by atoms with Crippen LogP contribution in [0.2, 0.25) is 0 Å². The van der Waals surface area contributed by atoms with Gasteiger partial charge in [-0.05, 0) is 46.1 Å². The first-order chi connectivity index (χ1) is 16.8. The van der Waals surface area contributed by atoms with Crippen molar-refractivity contribution in [3.05, 3.63) is 47.5 Å². The molecule has 0 aliphatic carbocycles. The van der Waals surface area contributed by atoms with Gasteiger partial charge in [0.25, 0.3) is 0 Å². The van der Waals surface area contributed by atoms with E-state index in [1.807, 2.05) is 40.1 Å². The van der Waals surface area contributed by atoms with Gasteiger partial charge < -0.3 is 29.6 Å². The topological polar surface area (TPSA) is 107 Å². The van der Waals surface area contributed by atoms with Crippen LogP contribution in [0.5, 0.6) is 11.8 Å². The molecule has 0 saturated carbocycles. The van der Waals surface area contributed by atoms with Crippen molar-refractivity contribution < 1.29 is 13.9 Å². The Morgan fingerprint density at radius 2 is 2.03 bits per heavy atom. The number of aromatic nitrogens is 5. The Bertz CT molecular complexity index is 1330. The van der Waals surface area contributed by atoms with Crippen LogP contribution < -0.4 is 15.0 Å². The summed E-state index contributed by atoms with van der Waals surface area (Å²) < 4.78 is 27.0. The molecule has 11 heteroatoms. The zero-order valence-electron chi connectivity index (χ0n) is 20.2. The number of hydrogen-bond donors (Lipinski definition) is 3. The lowest BCUT2D eigenvalue weighted by Crippen LogP contribution is -2.46. The average molecular weight is 481 g/mol. The molecule has 0 amide bonds. The molecule has 4 aromatic rings. The summed E-state index contributed by atoms with van der Waals surface area (Å²) >= 11 is 0. The van der Waals surface area contributed by atoms with Crippen molar-refractivity contribution in [2.75, 3.05) is 50.6 Å². The van der Waals surface area contributed by atoms with Crippen molar-refractivity contribution in [1.29, 1.82) is 0 Å². The van der Waals surface area contributed by atoms with Crippen LogP contribution in [0.3, 0.4) is 0 Å². The van der Waals surface area contributed by atoms with Gasteiger partial charge in [-0.2, -0.15) is 15.1 Å². The highest BCUT2D eigenvalue weighted by molar-refractivity contribution is 5.82. The van der Waals surface area contributed by atoms with E-state index in [-0.39, 0.29) is 17.9 Å². The van der Waals surface area contributed by atoms with E-state index in [0.29, 0.717) is 48.1 Å². The predicted molar refractivity (Wildman–Crippen MR) is 132 cm³/mol. The first-order valence-corrected chi connectivity index (χ1v) is 11.5. The molecule has 4 heterocycles. The third kappa shape index (κ3) is 5.20. The number of halogens is 1. The number of aromatic amines is 2. The second-order valence-electron chi connectivity index (χ2n) is 9.05. The minimum Gasteiger partial charge on any atom is -0.421 e. The lowest BCUT2D eigenvalue weighted by atomic mass is 10.2.